The molecule has 0 amide bonds. The van der Waals surface area contributed by atoms with E-state index in [0.29, 0.717) is 0 Å². The summed E-state index contributed by atoms with van der Waals surface area (Å²) in [5.41, 5.74) is 2.22. The van der Waals surface area contributed by atoms with Crippen LogP contribution < -0.4 is 18.9 Å². The van der Waals surface area contributed by atoms with Gasteiger partial charge in [-0.1, -0.05) is 25.2 Å². The predicted molar refractivity (Wildman–Crippen MR) is 37.2 cm³/mol. The fraction of sp³-hybridized carbons (Fsp3) is 0.375. The summed E-state index contributed by atoms with van der Waals surface area (Å²) in [6.07, 6.45) is 2.94. The van der Waals surface area contributed by atoms with Crippen LogP contribution in [0.3, 0.4) is 0 Å². The molecule has 1 aromatic rings. The summed E-state index contributed by atoms with van der Waals surface area (Å²) in [6, 6.07) is 5.03. The molecule has 0 atom stereocenters. The molecule has 0 aliphatic heterocycles. The van der Waals surface area contributed by atoms with Gasteiger partial charge in [-0.15, -0.1) is 0 Å². The number of rotatable bonds is 1. The van der Waals surface area contributed by atoms with Crippen LogP contribution in [0.5, 0.6) is 0 Å². The van der Waals surface area contributed by atoms with Crippen molar-refractivity contribution in [3.63, 3.8) is 0 Å². The van der Waals surface area contributed by atoms with Crippen molar-refractivity contribution >= 4 is 0 Å². The van der Waals surface area contributed by atoms with E-state index >= 15 is 0 Å². The van der Waals surface area contributed by atoms with E-state index in [1.165, 1.54) is 5.56 Å². The van der Waals surface area contributed by atoms with E-state index < -0.39 is 0 Å². The van der Waals surface area contributed by atoms with Crippen molar-refractivity contribution in [3.8, 4) is 0 Å². The van der Waals surface area contributed by atoms with Crippen LogP contribution in [0.25, 0.3) is 0 Å². The molecular weight excluding hydrogens is 117 g/mol. The molecule has 0 aromatic carbocycles. The molecule has 2 heteroatoms. The molecule has 0 fully saturated rings. The average molecular weight is 127 g/mol. The molecule has 0 aliphatic carbocycles. The Morgan fingerprint density at radius 2 is 2.30 bits per heavy atom. The second-order valence-corrected chi connectivity index (χ2v) is 2.06. The quantitative estimate of drug-likeness (QED) is 0.339. The van der Waals surface area contributed by atoms with Crippen LogP contribution in [-0.2, 0) is 6.42 Å². The van der Waals surface area contributed by atoms with E-state index in [-0.39, 0.29) is 18.9 Å². The minimum absolute atomic E-state index is 0. The Labute approximate surface area is 74.0 Å². The zero-order chi connectivity index (χ0) is 6.69. The van der Waals surface area contributed by atoms with E-state index in [4.69, 9.17) is 0 Å². The standard InChI is InChI=1S/C8H10N.Li/c1-3-8-5-4-7(2)9-6-8;/h5-6H,3H2,1-2H3;/q-1;+1. The average Bonchev–Trinajstić information content (AvgIpc) is 1.90. The molecule has 0 radical (unpaired) electrons. The SMILES string of the molecule is CCc1c[c-]c(C)nc1.[Li+]. The molecule has 1 nitrogen and oxygen atoms in total. The third-order valence-electron chi connectivity index (χ3n) is 1.30. The summed E-state index contributed by atoms with van der Waals surface area (Å²) >= 11 is 0. The minimum Gasteiger partial charge on any atom is -0.301 e. The number of pyridine rings is 1. The molecule has 0 saturated heterocycles. The van der Waals surface area contributed by atoms with Crippen LogP contribution in [0, 0.1) is 13.0 Å². The van der Waals surface area contributed by atoms with Crippen LogP contribution in [-0.4, -0.2) is 4.98 Å². The predicted octanol–water partition coefficient (Wildman–Crippen LogP) is -1.24. The van der Waals surface area contributed by atoms with Crippen LogP contribution >= 0.6 is 0 Å². The van der Waals surface area contributed by atoms with Crippen molar-refractivity contribution in [2.75, 3.05) is 0 Å². The molecule has 0 aliphatic rings. The summed E-state index contributed by atoms with van der Waals surface area (Å²) in [7, 11) is 0. The van der Waals surface area contributed by atoms with Crippen molar-refractivity contribution in [1.29, 1.82) is 0 Å². The molecular formula is C8H10LiN. The maximum absolute atomic E-state index is 4.09. The van der Waals surface area contributed by atoms with Gasteiger partial charge in [-0.25, -0.2) is 12.1 Å². The molecule has 10 heavy (non-hydrogen) atoms. The minimum atomic E-state index is 0. The van der Waals surface area contributed by atoms with E-state index in [1.807, 2.05) is 19.2 Å². The third-order valence-corrected chi connectivity index (χ3v) is 1.30. The maximum Gasteiger partial charge on any atom is 1.00 e. The monoisotopic (exact) mass is 127 g/mol. The number of nitrogens with zero attached hydrogens (tertiary/aromatic N) is 1. The maximum atomic E-state index is 4.09. The second-order valence-electron chi connectivity index (χ2n) is 2.06. The zero-order valence-corrected chi connectivity index (χ0v) is 6.81. The van der Waals surface area contributed by atoms with Crippen LogP contribution in [0.2, 0.25) is 0 Å². The first-order valence-corrected chi connectivity index (χ1v) is 3.16. The molecule has 0 unspecified atom stereocenters. The first kappa shape index (κ1) is 9.75. The Bertz CT molecular complexity index is 181. The number of hydrogen-bond donors (Lipinski definition) is 0. The molecule has 0 bridgehead atoms. The van der Waals surface area contributed by atoms with Crippen LogP contribution in [0.1, 0.15) is 18.2 Å². The first-order chi connectivity index (χ1) is 4.33. The largest absolute Gasteiger partial charge is 1.00 e. The summed E-state index contributed by atoms with van der Waals surface area (Å²) in [6.45, 7) is 4.06. The Morgan fingerprint density at radius 1 is 1.60 bits per heavy atom. The summed E-state index contributed by atoms with van der Waals surface area (Å²) in [5, 5.41) is 0. The second kappa shape index (κ2) is 4.55. The fourth-order valence-electron chi connectivity index (χ4n) is 0.645. The molecule has 0 saturated carbocycles. The molecule has 1 aromatic heterocycles. The van der Waals surface area contributed by atoms with E-state index in [1.54, 1.807) is 0 Å². The molecule has 1 rings (SSSR count). The normalized spacial score (nSPS) is 8.60. The van der Waals surface area contributed by atoms with E-state index in [0.717, 1.165) is 12.1 Å². The summed E-state index contributed by atoms with van der Waals surface area (Å²) in [4.78, 5) is 4.09. The van der Waals surface area contributed by atoms with Gasteiger partial charge in [0.1, 0.15) is 0 Å². The van der Waals surface area contributed by atoms with E-state index in [9.17, 15) is 0 Å². The van der Waals surface area contributed by atoms with E-state index in [2.05, 4.69) is 18.0 Å². The zero-order valence-electron chi connectivity index (χ0n) is 6.81. The Morgan fingerprint density at radius 3 is 2.70 bits per heavy atom. The van der Waals surface area contributed by atoms with Gasteiger partial charge in [0.25, 0.3) is 0 Å². The van der Waals surface area contributed by atoms with Crippen molar-refractivity contribution in [3.05, 3.63) is 29.6 Å². The smallest absolute Gasteiger partial charge is 0.301 e. The Kier molecular flexibility index (Phi) is 4.43. The van der Waals surface area contributed by atoms with Crippen molar-refractivity contribution in [2.24, 2.45) is 0 Å². The van der Waals surface area contributed by atoms with Gasteiger partial charge in [0.05, 0.1) is 0 Å². The summed E-state index contributed by atoms with van der Waals surface area (Å²) in [5.74, 6) is 0. The van der Waals surface area contributed by atoms with Gasteiger partial charge >= 0.3 is 18.9 Å². The Hall–Kier alpha value is -0.253. The van der Waals surface area contributed by atoms with Crippen molar-refractivity contribution in [2.45, 2.75) is 20.3 Å². The van der Waals surface area contributed by atoms with Gasteiger partial charge in [0, 0.05) is 0 Å². The molecule has 1 heterocycles. The van der Waals surface area contributed by atoms with Gasteiger partial charge in [0.2, 0.25) is 0 Å². The molecule has 48 valence electrons. The first-order valence-electron chi connectivity index (χ1n) is 3.16. The van der Waals surface area contributed by atoms with Crippen molar-refractivity contribution < 1.29 is 18.9 Å². The molecule has 0 spiro atoms. The third kappa shape index (κ3) is 2.56. The Balaban J connectivity index is 0.000000810. The van der Waals surface area contributed by atoms with Gasteiger partial charge in [-0.3, -0.25) is 0 Å². The van der Waals surface area contributed by atoms with Gasteiger partial charge < -0.3 is 4.98 Å². The van der Waals surface area contributed by atoms with Crippen LogP contribution in [0.4, 0.5) is 0 Å². The topological polar surface area (TPSA) is 12.9 Å². The van der Waals surface area contributed by atoms with Gasteiger partial charge in [-0.05, 0) is 6.92 Å². The molecule has 0 N–H and O–H groups in total. The number of aryl methyl sites for hydroxylation is 2. The van der Waals surface area contributed by atoms with Crippen molar-refractivity contribution in [1.82, 2.24) is 4.98 Å². The fourth-order valence-corrected chi connectivity index (χ4v) is 0.645. The van der Waals surface area contributed by atoms with Crippen LogP contribution in [0.15, 0.2) is 12.3 Å². The number of hydrogen-bond acceptors (Lipinski definition) is 1. The van der Waals surface area contributed by atoms with Gasteiger partial charge in [0.15, 0.2) is 0 Å². The number of aromatic nitrogens is 1. The summed E-state index contributed by atoms with van der Waals surface area (Å²) < 4.78 is 0. The van der Waals surface area contributed by atoms with Gasteiger partial charge in [-0.2, -0.15) is 5.56 Å².